The monoisotopic (exact) mass is 421 g/mol. The number of thiazole rings is 1. The number of aromatic nitrogens is 1. The van der Waals surface area contributed by atoms with Crippen LogP contribution in [0.15, 0.2) is 23.6 Å². The van der Waals surface area contributed by atoms with Gasteiger partial charge in [-0.3, -0.25) is 4.79 Å². The molecule has 1 aromatic carbocycles. The fourth-order valence-electron chi connectivity index (χ4n) is 2.74. The molecule has 1 atom stereocenters. The van der Waals surface area contributed by atoms with Crippen LogP contribution in [-0.2, 0) is 10.2 Å². The van der Waals surface area contributed by atoms with E-state index in [1.807, 2.05) is 0 Å². The van der Waals surface area contributed by atoms with Crippen molar-refractivity contribution in [2.75, 3.05) is 18.0 Å². The van der Waals surface area contributed by atoms with E-state index in [-0.39, 0.29) is 17.4 Å². The van der Waals surface area contributed by atoms with E-state index in [1.54, 1.807) is 29.5 Å². The summed E-state index contributed by atoms with van der Waals surface area (Å²) in [5.74, 6) is 5.10. The Bertz CT molecular complexity index is 908. The molecule has 2 aromatic rings. The van der Waals surface area contributed by atoms with Crippen LogP contribution in [0.3, 0.4) is 0 Å². The van der Waals surface area contributed by atoms with Crippen LogP contribution in [0.1, 0.15) is 38.4 Å². The van der Waals surface area contributed by atoms with Crippen LogP contribution in [0.2, 0.25) is 10.0 Å². The fourth-order valence-corrected chi connectivity index (χ4v) is 4.29. The number of hydrogen-bond acceptors (Lipinski definition) is 4. The summed E-state index contributed by atoms with van der Waals surface area (Å²) in [7, 11) is 0. The topological polar surface area (TPSA) is 45.2 Å². The van der Waals surface area contributed by atoms with E-state index in [1.165, 1.54) is 0 Å². The van der Waals surface area contributed by atoms with Crippen molar-refractivity contribution in [3.05, 3.63) is 44.9 Å². The molecule has 1 unspecified atom stereocenters. The Hall–Kier alpha value is -1.74. The van der Waals surface area contributed by atoms with Crippen LogP contribution in [0.5, 0.6) is 0 Å². The smallest absolute Gasteiger partial charge is 0.296 e. The summed E-state index contributed by atoms with van der Waals surface area (Å²) >= 11 is 13.6. The van der Waals surface area contributed by atoms with Crippen molar-refractivity contribution < 1.29 is 4.79 Å². The van der Waals surface area contributed by atoms with Gasteiger partial charge in [0.25, 0.3) is 5.91 Å². The van der Waals surface area contributed by atoms with Crippen molar-refractivity contribution in [3.8, 4) is 11.8 Å². The predicted octanol–water partition coefficient (Wildman–Crippen LogP) is 4.49. The first kappa shape index (κ1) is 20.0. The highest BCUT2D eigenvalue weighted by Gasteiger charge is 2.27. The molecular weight excluding hydrogens is 401 g/mol. The lowest BCUT2D eigenvalue weighted by Gasteiger charge is -2.17. The number of carbonyl (C=O) groups is 1. The van der Waals surface area contributed by atoms with Gasteiger partial charge in [0, 0.05) is 46.4 Å². The molecule has 0 spiro atoms. The fraction of sp³-hybridized carbons (Fsp3) is 0.400. The lowest BCUT2D eigenvalue weighted by Crippen LogP contribution is -2.36. The van der Waals surface area contributed by atoms with Gasteiger partial charge in [-0.05, 0) is 24.6 Å². The molecule has 1 N–H and O–H groups in total. The number of hydrogen-bond donors (Lipinski definition) is 1. The van der Waals surface area contributed by atoms with Crippen LogP contribution in [0.25, 0.3) is 0 Å². The molecular formula is C20H21Cl2N3OS. The van der Waals surface area contributed by atoms with Crippen molar-refractivity contribution in [2.24, 2.45) is 0 Å². The van der Waals surface area contributed by atoms with Crippen molar-refractivity contribution in [1.82, 2.24) is 10.3 Å². The highest BCUT2D eigenvalue weighted by atomic mass is 35.5. The molecule has 27 heavy (non-hydrogen) atoms. The largest absolute Gasteiger partial charge is 0.346 e. The zero-order valence-corrected chi connectivity index (χ0v) is 17.8. The Morgan fingerprint density at radius 3 is 2.81 bits per heavy atom. The van der Waals surface area contributed by atoms with E-state index in [0.717, 1.165) is 30.3 Å². The van der Waals surface area contributed by atoms with Gasteiger partial charge in [-0.1, -0.05) is 49.9 Å². The first-order valence-corrected chi connectivity index (χ1v) is 10.3. The Kier molecular flexibility index (Phi) is 6.00. The van der Waals surface area contributed by atoms with Gasteiger partial charge in [-0.25, -0.2) is 4.98 Å². The summed E-state index contributed by atoms with van der Waals surface area (Å²) in [5.41, 5.74) is 1.73. The number of nitrogens with zero attached hydrogens (tertiary/aromatic N) is 2. The number of nitrogens with one attached hydrogen (secondary N) is 1. The number of amides is 1. The van der Waals surface area contributed by atoms with Crippen LogP contribution in [0.4, 0.5) is 5.13 Å². The summed E-state index contributed by atoms with van der Waals surface area (Å²) in [6.07, 6.45) is 0.875. The third kappa shape index (κ3) is 5.16. The van der Waals surface area contributed by atoms with E-state index in [2.05, 4.69) is 48.2 Å². The Morgan fingerprint density at radius 1 is 1.37 bits per heavy atom. The van der Waals surface area contributed by atoms with E-state index in [9.17, 15) is 4.79 Å². The second-order valence-electron chi connectivity index (χ2n) is 7.54. The molecule has 2 heterocycles. The van der Waals surface area contributed by atoms with Crippen molar-refractivity contribution in [1.29, 1.82) is 0 Å². The van der Waals surface area contributed by atoms with Crippen molar-refractivity contribution in [3.63, 3.8) is 0 Å². The van der Waals surface area contributed by atoms with Gasteiger partial charge in [0.2, 0.25) is 0 Å². The average Bonchev–Trinajstić information content (AvgIpc) is 3.22. The molecule has 1 amide bonds. The zero-order valence-electron chi connectivity index (χ0n) is 15.5. The van der Waals surface area contributed by atoms with Crippen molar-refractivity contribution >= 4 is 45.6 Å². The minimum absolute atomic E-state index is 0.0423. The maximum atomic E-state index is 12.1. The van der Waals surface area contributed by atoms with E-state index >= 15 is 0 Å². The van der Waals surface area contributed by atoms with Crippen LogP contribution >= 0.6 is 34.5 Å². The number of anilines is 1. The van der Waals surface area contributed by atoms with Gasteiger partial charge in [-0.2, -0.15) is 0 Å². The molecule has 7 heteroatoms. The van der Waals surface area contributed by atoms with E-state index < -0.39 is 0 Å². The Labute approximate surface area is 173 Å². The normalized spacial score (nSPS) is 16.8. The van der Waals surface area contributed by atoms with Crippen LogP contribution in [0, 0.1) is 11.8 Å². The minimum Gasteiger partial charge on any atom is -0.346 e. The molecule has 4 nitrogen and oxygen atoms in total. The summed E-state index contributed by atoms with van der Waals surface area (Å²) in [6, 6.07) is 5.08. The summed E-state index contributed by atoms with van der Waals surface area (Å²) in [5, 5.41) is 7.07. The van der Waals surface area contributed by atoms with Crippen LogP contribution in [-0.4, -0.2) is 30.0 Å². The molecule has 1 aromatic heterocycles. The van der Waals surface area contributed by atoms with E-state index in [0.29, 0.717) is 15.6 Å². The number of rotatable bonds is 2. The maximum Gasteiger partial charge on any atom is 0.296 e. The molecule has 142 valence electrons. The molecule has 3 rings (SSSR count). The molecule has 0 saturated carbocycles. The standard InChI is InChI=1S/C20H21Cl2N3OS/c1-20(2,3)17-12-27-19(24-17)25-9-8-15(11-25)23-18(26)7-5-13-4-6-14(21)10-16(13)22/h4,6,10,12,15H,8-9,11H2,1-3H3,(H,23,26). The van der Waals surface area contributed by atoms with E-state index in [4.69, 9.17) is 28.2 Å². The van der Waals surface area contributed by atoms with Gasteiger partial charge >= 0.3 is 0 Å². The SMILES string of the molecule is CC(C)(C)c1csc(N2CCC(NC(=O)C#Cc3ccc(Cl)cc3Cl)C2)n1. The number of halogens is 2. The second kappa shape index (κ2) is 8.10. The molecule has 1 fully saturated rings. The molecule has 0 radical (unpaired) electrons. The van der Waals surface area contributed by atoms with Gasteiger partial charge < -0.3 is 10.2 Å². The molecule has 1 aliphatic heterocycles. The quantitative estimate of drug-likeness (QED) is 0.726. The number of carbonyl (C=O) groups excluding carboxylic acids is 1. The third-order valence-electron chi connectivity index (χ3n) is 4.30. The first-order valence-electron chi connectivity index (χ1n) is 8.71. The first-order chi connectivity index (χ1) is 12.7. The second-order valence-corrected chi connectivity index (χ2v) is 9.22. The highest BCUT2D eigenvalue weighted by Crippen LogP contribution is 2.30. The lowest BCUT2D eigenvalue weighted by atomic mass is 9.93. The highest BCUT2D eigenvalue weighted by molar-refractivity contribution is 7.13. The number of benzene rings is 1. The third-order valence-corrected chi connectivity index (χ3v) is 5.75. The Balaban J connectivity index is 1.58. The Morgan fingerprint density at radius 2 is 2.15 bits per heavy atom. The zero-order chi connectivity index (χ0) is 19.6. The maximum absolute atomic E-state index is 12.1. The molecule has 0 bridgehead atoms. The molecule has 1 aliphatic rings. The van der Waals surface area contributed by atoms with Gasteiger partial charge in [-0.15, -0.1) is 11.3 Å². The average molecular weight is 422 g/mol. The minimum atomic E-state index is -0.303. The lowest BCUT2D eigenvalue weighted by molar-refractivity contribution is -0.116. The van der Waals surface area contributed by atoms with Gasteiger partial charge in [0.15, 0.2) is 5.13 Å². The summed E-state index contributed by atoms with van der Waals surface area (Å²) in [4.78, 5) is 19.1. The van der Waals surface area contributed by atoms with Crippen molar-refractivity contribution in [2.45, 2.75) is 38.6 Å². The van der Waals surface area contributed by atoms with Gasteiger partial charge in [0.1, 0.15) is 0 Å². The predicted molar refractivity (Wildman–Crippen MR) is 113 cm³/mol. The molecule has 1 saturated heterocycles. The summed E-state index contributed by atoms with van der Waals surface area (Å²) in [6.45, 7) is 8.09. The summed E-state index contributed by atoms with van der Waals surface area (Å²) < 4.78 is 0. The van der Waals surface area contributed by atoms with Crippen LogP contribution < -0.4 is 10.2 Å². The molecule has 0 aliphatic carbocycles. The van der Waals surface area contributed by atoms with Gasteiger partial charge in [0.05, 0.1) is 10.7 Å².